The van der Waals surface area contributed by atoms with Gasteiger partial charge >= 0.3 is 7.12 Å². The Hall–Kier alpha value is -1.51. The van der Waals surface area contributed by atoms with Gasteiger partial charge in [-0.05, 0) is 64.2 Å². The Morgan fingerprint density at radius 1 is 1.14 bits per heavy atom. The molecule has 1 heterocycles. The fraction of sp³-hybridized carbons (Fsp3) is 0.562. The Morgan fingerprint density at radius 2 is 1.76 bits per heavy atom. The molecule has 1 aliphatic heterocycles. The molecular formula is C16H20BNO3. The molecule has 5 heteroatoms. The van der Waals surface area contributed by atoms with Gasteiger partial charge < -0.3 is 14.0 Å². The molecule has 0 aromatic heterocycles. The SMILES string of the molecule is CC1(C)OB(c2cc(C#N)cc(OC3CC3)c2)OC1(C)C. The molecule has 21 heavy (non-hydrogen) atoms. The first-order valence-corrected chi connectivity index (χ1v) is 7.38. The first-order valence-electron chi connectivity index (χ1n) is 7.38. The van der Waals surface area contributed by atoms with E-state index in [1.54, 1.807) is 6.07 Å². The van der Waals surface area contributed by atoms with Gasteiger partial charge in [0, 0.05) is 0 Å². The standard InChI is InChI=1S/C16H20BNO3/c1-15(2)16(3,4)21-17(20-15)12-7-11(10-18)8-14(9-12)19-13-5-6-13/h7-9,13H,5-6H2,1-4H3. The third-order valence-electron chi connectivity index (χ3n) is 4.41. The highest BCUT2D eigenvalue weighted by Crippen LogP contribution is 2.37. The van der Waals surface area contributed by atoms with Crippen LogP contribution in [0.3, 0.4) is 0 Å². The lowest BCUT2D eigenvalue weighted by molar-refractivity contribution is 0.00578. The summed E-state index contributed by atoms with van der Waals surface area (Å²) in [6.45, 7) is 8.07. The average molecular weight is 285 g/mol. The summed E-state index contributed by atoms with van der Waals surface area (Å²) in [4.78, 5) is 0. The van der Waals surface area contributed by atoms with E-state index in [1.165, 1.54) is 0 Å². The van der Waals surface area contributed by atoms with E-state index in [0.29, 0.717) is 11.7 Å². The molecular weight excluding hydrogens is 265 g/mol. The fourth-order valence-corrected chi connectivity index (χ4v) is 2.25. The van der Waals surface area contributed by atoms with Crippen molar-refractivity contribution in [3.05, 3.63) is 23.8 Å². The summed E-state index contributed by atoms with van der Waals surface area (Å²) in [5.41, 5.74) is 0.622. The molecule has 2 aliphatic rings. The van der Waals surface area contributed by atoms with E-state index in [2.05, 4.69) is 6.07 Å². The van der Waals surface area contributed by atoms with E-state index >= 15 is 0 Å². The Bertz CT molecular complexity index is 586. The first kappa shape index (κ1) is 14.4. The summed E-state index contributed by atoms with van der Waals surface area (Å²) in [6.07, 6.45) is 2.47. The van der Waals surface area contributed by atoms with E-state index in [9.17, 15) is 5.26 Å². The zero-order chi connectivity index (χ0) is 15.3. The van der Waals surface area contributed by atoms with Crippen molar-refractivity contribution in [2.75, 3.05) is 0 Å². The highest BCUT2D eigenvalue weighted by atomic mass is 16.7. The minimum atomic E-state index is -0.468. The van der Waals surface area contributed by atoms with Crippen molar-refractivity contribution in [3.8, 4) is 11.8 Å². The summed E-state index contributed by atoms with van der Waals surface area (Å²) in [7, 11) is -0.468. The summed E-state index contributed by atoms with van der Waals surface area (Å²) in [6, 6.07) is 7.67. The molecule has 0 amide bonds. The van der Waals surface area contributed by atoms with Crippen LogP contribution < -0.4 is 10.2 Å². The van der Waals surface area contributed by atoms with Gasteiger partial charge in [-0.15, -0.1) is 0 Å². The molecule has 0 N–H and O–H groups in total. The van der Waals surface area contributed by atoms with E-state index in [0.717, 1.165) is 24.1 Å². The van der Waals surface area contributed by atoms with E-state index in [1.807, 2.05) is 39.8 Å². The third kappa shape index (κ3) is 2.79. The van der Waals surface area contributed by atoms with E-state index < -0.39 is 18.3 Å². The lowest BCUT2D eigenvalue weighted by Crippen LogP contribution is -2.41. The summed E-state index contributed by atoms with van der Waals surface area (Å²) in [5, 5.41) is 9.20. The van der Waals surface area contributed by atoms with Crippen LogP contribution in [0.5, 0.6) is 5.75 Å². The maximum absolute atomic E-state index is 9.20. The van der Waals surface area contributed by atoms with Gasteiger partial charge in [0.05, 0.1) is 28.9 Å². The molecule has 1 saturated heterocycles. The second-order valence-electron chi connectivity index (χ2n) is 6.81. The Labute approximate surface area is 126 Å². The van der Waals surface area contributed by atoms with Crippen molar-refractivity contribution in [2.24, 2.45) is 0 Å². The second-order valence-corrected chi connectivity index (χ2v) is 6.81. The van der Waals surface area contributed by atoms with Gasteiger partial charge in [0.2, 0.25) is 0 Å². The average Bonchev–Trinajstić information content (AvgIpc) is 3.16. The molecule has 0 bridgehead atoms. The first-order chi connectivity index (χ1) is 9.80. The van der Waals surface area contributed by atoms with Gasteiger partial charge in [-0.25, -0.2) is 0 Å². The van der Waals surface area contributed by atoms with Crippen LogP contribution in [0.25, 0.3) is 0 Å². The van der Waals surface area contributed by atoms with Crippen LogP contribution in [0.2, 0.25) is 0 Å². The number of ether oxygens (including phenoxy) is 1. The van der Waals surface area contributed by atoms with Crippen LogP contribution in [0.4, 0.5) is 0 Å². The molecule has 3 rings (SSSR count). The highest BCUT2D eigenvalue weighted by molar-refractivity contribution is 6.62. The Morgan fingerprint density at radius 3 is 2.29 bits per heavy atom. The molecule has 0 radical (unpaired) electrons. The topological polar surface area (TPSA) is 51.5 Å². The predicted molar refractivity (Wildman–Crippen MR) is 80.5 cm³/mol. The molecule has 1 aromatic carbocycles. The lowest BCUT2D eigenvalue weighted by atomic mass is 9.78. The van der Waals surface area contributed by atoms with Crippen LogP contribution in [-0.2, 0) is 9.31 Å². The molecule has 0 atom stereocenters. The number of hydrogen-bond acceptors (Lipinski definition) is 4. The van der Waals surface area contributed by atoms with Crippen LogP contribution in [-0.4, -0.2) is 24.4 Å². The van der Waals surface area contributed by atoms with Crippen molar-refractivity contribution in [2.45, 2.75) is 57.8 Å². The normalized spacial score (nSPS) is 22.9. The van der Waals surface area contributed by atoms with Crippen molar-refractivity contribution in [1.29, 1.82) is 5.26 Å². The summed E-state index contributed by atoms with van der Waals surface area (Å²) < 4.78 is 17.9. The predicted octanol–water partition coefficient (Wildman–Crippen LogP) is 2.40. The van der Waals surface area contributed by atoms with Gasteiger partial charge in [-0.3, -0.25) is 0 Å². The molecule has 0 unspecified atom stereocenters. The molecule has 110 valence electrons. The van der Waals surface area contributed by atoms with Crippen LogP contribution >= 0.6 is 0 Å². The third-order valence-corrected chi connectivity index (χ3v) is 4.41. The maximum atomic E-state index is 9.20. The van der Waals surface area contributed by atoms with Crippen molar-refractivity contribution < 1.29 is 14.0 Å². The van der Waals surface area contributed by atoms with E-state index in [-0.39, 0.29) is 0 Å². The molecule has 0 spiro atoms. The summed E-state index contributed by atoms with van der Waals surface area (Å²) in [5.74, 6) is 0.723. The molecule has 2 fully saturated rings. The minimum Gasteiger partial charge on any atom is -0.490 e. The quantitative estimate of drug-likeness (QED) is 0.800. The molecule has 1 aliphatic carbocycles. The van der Waals surface area contributed by atoms with Gasteiger partial charge in [-0.2, -0.15) is 5.26 Å². The van der Waals surface area contributed by atoms with Crippen LogP contribution in [0.1, 0.15) is 46.1 Å². The number of hydrogen-bond donors (Lipinski definition) is 0. The highest BCUT2D eigenvalue weighted by Gasteiger charge is 2.51. The Balaban J connectivity index is 1.89. The second kappa shape index (κ2) is 4.76. The molecule has 1 saturated carbocycles. The van der Waals surface area contributed by atoms with Crippen molar-refractivity contribution in [3.63, 3.8) is 0 Å². The smallest absolute Gasteiger partial charge is 0.490 e. The zero-order valence-corrected chi connectivity index (χ0v) is 13.0. The summed E-state index contributed by atoms with van der Waals surface area (Å²) >= 11 is 0. The van der Waals surface area contributed by atoms with Crippen molar-refractivity contribution in [1.82, 2.24) is 0 Å². The van der Waals surface area contributed by atoms with Gasteiger partial charge in [0.1, 0.15) is 5.75 Å². The van der Waals surface area contributed by atoms with Gasteiger partial charge in [0.25, 0.3) is 0 Å². The minimum absolute atomic E-state index is 0.296. The van der Waals surface area contributed by atoms with Gasteiger partial charge in [-0.1, -0.05) is 0 Å². The fourth-order valence-electron chi connectivity index (χ4n) is 2.25. The van der Waals surface area contributed by atoms with Gasteiger partial charge in [0.15, 0.2) is 0 Å². The number of nitrogens with zero attached hydrogens (tertiary/aromatic N) is 1. The zero-order valence-electron chi connectivity index (χ0n) is 13.0. The molecule has 4 nitrogen and oxygen atoms in total. The van der Waals surface area contributed by atoms with Crippen molar-refractivity contribution >= 4 is 12.6 Å². The van der Waals surface area contributed by atoms with E-state index in [4.69, 9.17) is 14.0 Å². The molecule has 1 aromatic rings. The number of rotatable bonds is 3. The maximum Gasteiger partial charge on any atom is 0.495 e. The van der Waals surface area contributed by atoms with Crippen LogP contribution in [0, 0.1) is 11.3 Å². The largest absolute Gasteiger partial charge is 0.495 e. The van der Waals surface area contributed by atoms with Crippen LogP contribution in [0.15, 0.2) is 18.2 Å². The lowest BCUT2D eigenvalue weighted by Gasteiger charge is -2.32. The monoisotopic (exact) mass is 285 g/mol. The Kier molecular flexibility index (Phi) is 3.27. The number of benzene rings is 1. The number of nitriles is 1.